The Labute approximate surface area is 193 Å². The van der Waals surface area contributed by atoms with Crippen LogP contribution in [0, 0.1) is 17.7 Å². The van der Waals surface area contributed by atoms with Gasteiger partial charge in [0.2, 0.25) is 0 Å². The zero-order valence-corrected chi connectivity index (χ0v) is 18.6. The van der Waals surface area contributed by atoms with Crippen molar-refractivity contribution in [1.29, 1.82) is 0 Å². The van der Waals surface area contributed by atoms with Gasteiger partial charge in [-0.1, -0.05) is 17.9 Å². The number of hydrogen-bond donors (Lipinski definition) is 0. The minimum absolute atomic E-state index is 0.0391. The molecular formula is C26H26FNO5. The van der Waals surface area contributed by atoms with Crippen LogP contribution >= 0.6 is 0 Å². The van der Waals surface area contributed by atoms with Crippen LogP contribution in [0.15, 0.2) is 61.0 Å². The first-order valence-corrected chi connectivity index (χ1v) is 10.6. The molecule has 0 amide bonds. The highest BCUT2D eigenvalue weighted by atomic mass is 19.1. The van der Waals surface area contributed by atoms with Crippen molar-refractivity contribution >= 4 is 5.97 Å². The van der Waals surface area contributed by atoms with Crippen molar-refractivity contribution in [2.45, 2.75) is 38.6 Å². The van der Waals surface area contributed by atoms with Gasteiger partial charge < -0.3 is 18.9 Å². The molecule has 0 spiro atoms. The lowest BCUT2D eigenvalue weighted by molar-refractivity contribution is -0.152. The zero-order valence-electron chi connectivity index (χ0n) is 18.6. The van der Waals surface area contributed by atoms with Crippen molar-refractivity contribution in [3.63, 3.8) is 0 Å². The summed E-state index contributed by atoms with van der Waals surface area (Å²) in [6.45, 7) is 1.81. The van der Waals surface area contributed by atoms with E-state index in [1.807, 2.05) is 13.0 Å². The predicted octanol–water partition coefficient (Wildman–Crippen LogP) is 4.79. The molecule has 2 atom stereocenters. The largest absolute Gasteiger partial charge is 0.461 e. The number of aromatic nitrogens is 1. The Bertz CT molecular complexity index is 1050. The van der Waals surface area contributed by atoms with Gasteiger partial charge in [-0.3, -0.25) is 4.98 Å². The van der Waals surface area contributed by atoms with Crippen molar-refractivity contribution < 1.29 is 28.1 Å². The van der Waals surface area contributed by atoms with Crippen LogP contribution in [-0.2, 0) is 19.0 Å². The van der Waals surface area contributed by atoms with E-state index in [1.165, 1.54) is 19.4 Å². The summed E-state index contributed by atoms with van der Waals surface area (Å²) < 4.78 is 35.1. The van der Waals surface area contributed by atoms with Gasteiger partial charge in [-0.25, -0.2) is 9.18 Å². The number of unbranched alkanes of at least 4 members (excludes halogenated alkanes) is 1. The third-order valence-electron chi connectivity index (χ3n) is 4.64. The van der Waals surface area contributed by atoms with E-state index in [1.54, 1.807) is 42.6 Å². The fourth-order valence-corrected chi connectivity index (χ4v) is 3.03. The van der Waals surface area contributed by atoms with Gasteiger partial charge in [-0.05, 0) is 62.2 Å². The summed E-state index contributed by atoms with van der Waals surface area (Å²) in [5.74, 6) is 5.41. The molecule has 1 aromatic carbocycles. The highest BCUT2D eigenvalue weighted by Crippen LogP contribution is 2.26. The molecule has 1 aromatic heterocycles. The number of methoxy groups -OCH3 is 1. The van der Waals surface area contributed by atoms with Crippen LogP contribution < -0.4 is 4.74 Å². The maximum atomic E-state index is 14.5. The molecule has 0 bridgehead atoms. The standard InChI is InChI=1S/C26H26FNO5/c1-19(32-25(29)18-30-2)8-4-3-5-9-20-11-13-23(28-17-20)21-12-14-24(22(27)16-21)33-26-10-6-7-15-31-26/h6-7,10-17,19,26H,3-4,8,18H2,1-2H3. The summed E-state index contributed by atoms with van der Waals surface area (Å²) in [7, 11) is 1.45. The lowest BCUT2D eigenvalue weighted by Crippen LogP contribution is -2.18. The second kappa shape index (κ2) is 12.4. The van der Waals surface area contributed by atoms with Gasteiger partial charge in [0.25, 0.3) is 6.29 Å². The molecule has 172 valence electrons. The van der Waals surface area contributed by atoms with E-state index in [-0.39, 0.29) is 24.4 Å². The van der Waals surface area contributed by atoms with Gasteiger partial charge in [0, 0.05) is 30.9 Å². The maximum absolute atomic E-state index is 14.5. The monoisotopic (exact) mass is 451 g/mol. The number of nitrogens with zero attached hydrogens (tertiary/aromatic N) is 1. The molecule has 33 heavy (non-hydrogen) atoms. The maximum Gasteiger partial charge on any atom is 0.332 e. The Morgan fingerprint density at radius 1 is 1.27 bits per heavy atom. The lowest BCUT2D eigenvalue weighted by atomic mass is 10.1. The molecule has 0 aliphatic carbocycles. The molecule has 2 aromatic rings. The molecule has 0 saturated carbocycles. The van der Waals surface area contributed by atoms with Crippen LogP contribution in [0.1, 0.15) is 31.7 Å². The molecule has 1 aliphatic heterocycles. The molecule has 3 rings (SSSR count). The number of carbonyl (C=O) groups is 1. The number of hydrogen-bond acceptors (Lipinski definition) is 6. The molecule has 2 unspecified atom stereocenters. The molecular weight excluding hydrogens is 425 g/mol. The second-order valence-corrected chi connectivity index (χ2v) is 7.34. The summed E-state index contributed by atoms with van der Waals surface area (Å²) in [4.78, 5) is 15.7. The smallest absolute Gasteiger partial charge is 0.332 e. The summed E-state index contributed by atoms with van der Waals surface area (Å²) in [5, 5.41) is 0. The Morgan fingerprint density at radius 3 is 2.85 bits per heavy atom. The predicted molar refractivity (Wildman–Crippen MR) is 122 cm³/mol. The Kier molecular flexibility index (Phi) is 9.04. The minimum Gasteiger partial charge on any atom is -0.461 e. The van der Waals surface area contributed by atoms with Crippen molar-refractivity contribution in [2.75, 3.05) is 13.7 Å². The number of rotatable bonds is 9. The summed E-state index contributed by atoms with van der Waals surface area (Å²) in [5.41, 5.74) is 2.04. The van der Waals surface area contributed by atoms with E-state index >= 15 is 0 Å². The van der Waals surface area contributed by atoms with Gasteiger partial charge in [-0.15, -0.1) is 0 Å². The Morgan fingerprint density at radius 2 is 2.15 bits per heavy atom. The van der Waals surface area contributed by atoms with E-state index in [0.717, 1.165) is 18.4 Å². The average molecular weight is 451 g/mol. The summed E-state index contributed by atoms with van der Waals surface area (Å²) in [6.07, 6.45) is 9.73. The number of esters is 1. The quantitative estimate of drug-likeness (QED) is 0.310. The fraction of sp³-hybridized carbons (Fsp3) is 0.308. The van der Waals surface area contributed by atoms with Gasteiger partial charge >= 0.3 is 5.97 Å². The van der Waals surface area contributed by atoms with Crippen LogP contribution in [-0.4, -0.2) is 37.1 Å². The van der Waals surface area contributed by atoms with Crippen molar-refractivity contribution in [3.05, 3.63) is 72.4 Å². The van der Waals surface area contributed by atoms with E-state index in [4.69, 9.17) is 18.9 Å². The lowest BCUT2D eigenvalue weighted by Gasteiger charge is -2.17. The molecule has 2 heterocycles. The van der Waals surface area contributed by atoms with Crippen LogP contribution in [0.3, 0.4) is 0 Å². The number of allylic oxidation sites excluding steroid dienone is 2. The number of ether oxygens (including phenoxy) is 4. The number of carbonyl (C=O) groups excluding carboxylic acids is 1. The fourth-order valence-electron chi connectivity index (χ4n) is 3.03. The molecule has 0 fully saturated rings. The topological polar surface area (TPSA) is 66.9 Å². The van der Waals surface area contributed by atoms with E-state index in [9.17, 15) is 9.18 Å². The third-order valence-corrected chi connectivity index (χ3v) is 4.64. The van der Waals surface area contributed by atoms with Gasteiger partial charge in [-0.2, -0.15) is 0 Å². The SMILES string of the molecule is COCC(=O)OC(C)CCCC#Cc1ccc(-c2ccc(OC3C=CC=CO3)c(F)c2)nc1. The van der Waals surface area contributed by atoms with Crippen molar-refractivity contribution in [2.24, 2.45) is 0 Å². The average Bonchev–Trinajstić information content (AvgIpc) is 2.81. The van der Waals surface area contributed by atoms with Crippen LogP contribution in [0.4, 0.5) is 4.39 Å². The second-order valence-electron chi connectivity index (χ2n) is 7.34. The Hall–Kier alpha value is -3.63. The van der Waals surface area contributed by atoms with Gasteiger partial charge in [0.15, 0.2) is 11.6 Å². The third kappa shape index (κ3) is 7.78. The highest BCUT2D eigenvalue weighted by molar-refractivity contribution is 5.70. The van der Waals surface area contributed by atoms with Gasteiger partial charge in [0.1, 0.15) is 6.61 Å². The molecule has 6 nitrogen and oxygen atoms in total. The van der Waals surface area contributed by atoms with Gasteiger partial charge in [0.05, 0.1) is 18.1 Å². The van der Waals surface area contributed by atoms with Crippen molar-refractivity contribution in [1.82, 2.24) is 4.98 Å². The highest BCUT2D eigenvalue weighted by Gasteiger charge is 2.13. The Balaban J connectivity index is 1.49. The molecule has 0 saturated heterocycles. The molecule has 0 N–H and O–H groups in total. The molecule has 1 aliphatic rings. The minimum atomic E-state index is -0.653. The van der Waals surface area contributed by atoms with Crippen LogP contribution in [0.5, 0.6) is 5.75 Å². The molecule has 7 heteroatoms. The van der Waals surface area contributed by atoms with E-state index in [0.29, 0.717) is 17.7 Å². The number of pyridine rings is 1. The molecule has 0 radical (unpaired) electrons. The first-order chi connectivity index (χ1) is 16.0. The van der Waals surface area contributed by atoms with Crippen molar-refractivity contribution in [3.8, 4) is 28.8 Å². The number of benzene rings is 1. The van der Waals surface area contributed by atoms with E-state index in [2.05, 4.69) is 16.8 Å². The van der Waals surface area contributed by atoms with E-state index < -0.39 is 12.1 Å². The first kappa shape index (κ1) is 24.0. The normalized spacial score (nSPS) is 15.2. The summed E-state index contributed by atoms with van der Waals surface area (Å²) in [6, 6.07) is 8.33. The zero-order chi connectivity index (χ0) is 23.5. The van der Waals surface area contributed by atoms with Crippen LogP contribution in [0.25, 0.3) is 11.3 Å². The first-order valence-electron chi connectivity index (χ1n) is 10.6. The summed E-state index contributed by atoms with van der Waals surface area (Å²) >= 11 is 0. The van der Waals surface area contributed by atoms with Crippen LogP contribution in [0.2, 0.25) is 0 Å². The number of halogens is 1.